The van der Waals surface area contributed by atoms with Crippen LogP contribution in [0.2, 0.25) is 0 Å². The second kappa shape index (κ2) is 4.28. The van der Waals surface area contributed by atoms with Gasteiger partial charge in [0.25, 0.3) is 0 Å². The number of rotatable bonds is 1. The summed E-state index contributed by atoms with van der Waals surface area (Å²) in [4.78, 5) is 12.2. The van der Waals surface area contributed by atoms with Crippen molar-refractivity contribution in [3.63, 3.8) is 0 Å². The first kappa shape index (κ1) is 11.5. The molecular weight excluding hydrogens is 240 g/mol. The third-order valence-corrected chi connectivity index (χ3v) is 3.01. The van der Waals surface area contributed by atoms with E-state index in [-0.39, 0.29) is 22.9 Å². The van der Waals surface area contributed by atoms with Gasteiger partial charge in [0.15, 0.2) is 5.76 Å². The Labute approximate surface area is 110 Å². The van der Waals surface area contributed by atoms with Crippen molar-refractivity contribution >= 4 is 11.9 Å². The van der Waals surface area contributed by atoms with Gasteiger partial charge in [-0.05, 0) is 30.7 Å². The van der Waals surface area contributed by atoms with Crippen LogP contribution in [0.25, 0.3) is 6.08 Å². The van der Waals surface area contributed by atoms with Gasteiger partial charge in [-0.1, -0.05) is 35.9 Å². The number of hydrogen-bond acceptors (Lipinski definition) is 3. The Hall–Kier alpha value is -2.55. The standard InChI is InChI=1S/C16H12O3/c1-10-4-2-5-11(8-10)9-14-16(18)15-12(17)6-3-7-13(15)19-14/h2-9,17H,1H3/b14-9-. The average molecular weight is 252 g/mol. The van der Waals surface area contributed by atoms with E-state index in [1.54, 1.807) is 18.2 Å². The third kappa shape index (κ3) is 1.99. The molecule has 94 valence electrons. The van der Waals surface area contributed by atoms with E-state index in [0.717, 1.165) is 11.1 Å². The SMILES string of the molecule is Cc1cccc(/C=C2\Oc3cccc(O)c3C2=O)c1. The fourth-order valence-electron chi connectivity index (χ4n) is 2.13. The van der Waals surface area contributed by atoms with E-state index >= 15 is 0 Å². The molecule has 0 atom stereocenters. The number of allylic oxidation sites excluding steroid dienone is 1. The van der Waals surface area contributed by atoms with Crippen molar-refractivity contribution in [2.75, 3.05) is 0 Å². The van der Waals surface area contributed by atoms with Gasteiger partial charge < -0.3 is 9.84 Å². The number of aromatic hydroxyl groups is 1. The van der Waals surface area contributed by atoms with Gasteiger partial charge in [0.05, 0.1) is 0 Å². The van der Waals surface area contributed by atoms with Crippen molar-refractivity contribution in [1.29, 1.82) is 0 Å². The summed E-state index contributed by atoms with van der Waals surface area (Å²) < 4.78 is 5.50. The number of ketones is 1. The van der Waals surface area contributed by atoms with Gasteiger partial charge >= 0.3 is 0 Å². The highest BCUT2D eigenvalue weighted by Gasteiger charge is 2.30. The first-order valence-electron chi connectivity index (χ1n) is 5.98. The maximum Gasteiger partial charge on any atom is 0.235 e. The van der Waals surface area contributed by atoms with Crippen LogP contribution in [0, 0.1) is 6.92 Å². The summed E-state index contributed by atoms with van der Waals surface area (Å²) in [5.41, 5.74) is 2.25. The summed E-state index contributed by atoms with van der Waals surface area (Å²) in [5.74, 6) is 0.316. The molecule has 3 rings (SSSR count). The fourth-order valence-corrected chi connectivity index (χ4v) is 2.13. The summed E-state index contributed by atoms with van der Waals surface area (Å²) >= 11 is 0. The zero-order valence-electron chi connectivity index (χ0n) is 10.4. The van der Waals surface area contributed by atoms with E-state index in [9.17, 15) is 9.90 Å². The quantitative estimate of drug-likeness (QED) is 0.792. The molecule has 3 nitrogen and oxygen atoms in total. The number of hydrogen-bond donors (Lipinski definition) is 1. The molecule has 0 radical (unpaired) electrons. The molecule has 0 spiro atoms. The lowest BCUT2D eigenvalue weighted by Gasteiger charge is -1.99. The van der Waals surface area contributed by atoms with Gasteiger partial charge in [0.1, 0.15) is 17.1 Å². The molecule has 0 aromatic heterocycles. The highest BCUT2D eigenvalue weighted by molar-refractivity contribution is 6.16. The highest BCUT2D eigenvalue weighted by atomic mass is 16.5. The van der Waals surface area contributed by atoms with E-state index in [0.29, 0.717) is 5.75 Å². The van der Waals surface area contributed by atoms with Crippen LogP contribution in [0.3, 0.4) is 0 Å². The first-order valence-corrected chi connectivity index (χ1v) is 5.98. The van der Waals surface area contributed by atoms with E-state index in [4.69, 9.17) is 4.74 Å². The van der Waals surface area contributed by atoms with Gasteiger partial charge in [-0.25, -0.2) is 0 Å². The zero-order valence-corrected chi connectivity index (χ0v) is 10.4. The third-order valence-electron chi connectivity index (χ3n) is 3.01. The predicted molar refractivity (Wildman–Crippen MR) is 72.2 cm³/mol. The second-order valence-corrected chi connectivity index (χ2v) is 4.50. The molecule has 1 heterocycles. The number of carbonyl (C=O) groups excluding carboxylic acids is 1. The predicted octanol–water partition coefficient (Wildman–Crippen LogP) is 3.32. The van der Waals surface area contributed by atoms with Gasteiger partial charge in [-0.15, -0.1) is 0 Å². The fraction of sp³-hybridized carbons (Fsp3) is 0.0625. The van der Waals surface area contributed by atoms with Crippen molar-refractivity contribution in [3.8, 4) is 11.5 Å². The van der Waals surface area contributed by atoms with Crippen LogP contribution < -0.4 is 4.74 Å². The average Bonchev–Trinajstić information content (AvgIpc) is 2.68. The highest BCUT2D eigenvalue weighted by Crippen LogP contribution is 2.37. The van der Waals surface area contributed by atoms with Crippen LogP contribution in [-0.2, 0) is 0 Å². The number of Topliss-reactive ketones (excluding diaryl/α,β-unsaturated/α-hetero) is 1. The molecule has 1 N–H and O–H groups in total. The molecule has 0 unspecified atom stereocenters. The van der Waals surface area contributed by atoms with E-state index in [1.165, 1.54) is 6.07 Å². The van der Waals surface area contributed by atoms with Crippen LogP contribution in [0.1, 0.15) is 21.5 Å². The Kier molecular flexibility index (Phi) is 2.60. The first-order chi connectivity index (χ1) is 9.15. The Morgan fingerprint density at radius 2 is 1.95 bits per heavy atom. The summed E-state index contributed by atoms with van der Waals surface area (Å²) in [6, 6.07) is 12.6. The largest absolute Gasteiger partial charge is 0.507 e. The molecule has 1 aliphatic rings. The van der Waals surface area contributed by atoms with Gasteiger partial charge in [-0.2, -0.15) is 0 Å². The molecule has 0 aliphatic carbocycles. The lowest BCUT2D eigenvalue weighted by Crippen LogP contribution is -1.98. The Morgan fingerprint density at radius 3 is 2.68 bits per heavy atom. The number of aryl methyl sites for hydroxylation is 1. The molecule has 19 heavy (non-hydrogen) atoms. The summed E-state index contributed by atoms with van der Waals surface area (Å²) in [7, 11) is 0. The number of carbonyl (C=O) groups is 1. The number of fused-ring (bicyclic) bond motifs is 1. The van der Waals surface area contributed by atoms with E-state index in [1.807, 2.05) is 31.2 Å². The molecule has 0 fully saturated rings. The second-order valence-electron chi connectivity index (χ2n) is 4.50. The van der Waals surface area contributed by atoms with Gasteiger partial charge in [0.2, 0.25) is 5.78 Å². The molecule has 0 amide bonds. The zero-order chi connectivity index (χ0) is 13.4. The normalized spacial score (nSPS) is 15.4. The molecule has 2 aromatic carbocycles. The van der Waals surface area contributed by atoms with Crippen LogP contribution in [0.5, 0.6) is 11.5 Å². The van der Waals surface area contributed by atoms with Gasteiger partial charge in [-0.3, -0.25) is 4.79 Å². The summed E-state index contributed by atoms with van der Waals surface area (Å²) in [5, 5.41) is 9.70. The molecule has 1 aliphatic heterocycles. The molecule has 2 aromatic rings. The minimum Gasteiger partial charge on any atom is -0.507 e. The number of phenols is 1. The van der Waals surface area contributed by atoms with Crippen LogP contribution >= 0.6 is 0 Å². The monoisotopic (exact) mass is 252 g/mol. The Morgan fingerprint density at radius 1 is 1.16 bits per heavy atom. The van der Waals surface area contributed by atoms with Crippen LogP contribution in [0.15, 0.2) is 48.2 Å². The topological polar surface area (TPSA) is 46.5 Å². The van der Waals surface area contributed by atoms with Crippen molar-refractivity contribution in [3.05, 3.63) is 64.9 Å². The van der Waals surface area contributed by atoms with Crippen molar-refractivity contribution in [1.82, 2.24) is 0 Å². The van der Waals surface area contributed by atoms with Gasteiger partial charge in [0, 0.05) is 0 Å². The minimum atomic E-state index is -0.283. The molecular formula is C16H12O3. The summed E-state index contributed by atoms with van der Waals surface area (Å²) in [6.45, 7) is 1.99. The molecule has 0 saturated heterocycles. The lowest BCUT2D eigenvalue weighted by molar-refractivity contribution is 0.101. The van der Waals surface area contributed by atoms with Crippen LogP contribution in [-0.4, -0.2) is 10.9 Å². The molecule has 3 heteroatoms. The van der Waals surface area contributed by atoms with E-state index < -0.39 is 0 Å². The van der Waals surface area contributed by atoms with Crippen molar-refractivity contribution in [2.45, 2.75) is 6.92 Å². The maximum absolute atomic E-state index is 12.2. The lowest BCUT2D eigenvalue weighted by atomic mass is 10.1. The summed E-state index contributed by atoms with van der Waals surface area (Å²) in [6.07, 6.45) is 1.69. The molecule has 0 saturated carbocycles. The maximum atomic E-state index is 12.2. The van der Waals surface area contributed by atoms with Crippen molar-refractivity contribution < 1.29 is 14.6 Å². The Bertz CT molecular complexity index is 699. The number of benzene rings is 2. The van der Waals surface area contributed by atoms with Crippen LogP contribution in [0.4, 0.5) is 0 Å². The molecule has 0 bridgehead atoms. The smallest absolute Gasteiger partial charge is 0.235 e. The van der Waals surface area contributed by atoms with E-state index in [2.05, 4.69) is 0 Å². The minimum absolute atomic E-state index is 0.0462. The van der Waals surface area contributed by atoms with Crippen molar-refractivity contribution in [2.24, 2.45) is 0 Å². The number of ether oxygens (including phenoxy) is 1. The Balaban J connectivity index is 2.03. The number of phenolic OH excluding ortho intramolecular Hbond substituents is 1.